The lowest BCUT2D eigenvalue weighted by Crippen LogP contribution is -2.02. The van der Waals surface area contributed by atoms with E-state index in [1.54, 1.807) is 24.4 Å². The number of rotatable bonds is 3. The molecule has 0 fully saturated rings. The van der Waals surface area contributed by atoms with Crippen molar-refractivity contribution in [3.8, 4) is 5.75 Å². The highest BCUT2D eigenvalue weighted by molar-refractivity contribution is 7.19. The minimum atomic E-state index is -0.883. The summed E-state index contributed by atoms with van der Waals surface area (Å²) in [5, 5.41) is 11.4. The Bertz CT molecular complexity index is 756. The van der Waals surface area contributed by atoms with Gasteiger partial charge in [0.1, 0.15) is 23.4 Å². The Morgan fingerprint density at radius 2 is 2.15 bits per heavy atom. The predicted molar refractivity (Wildman–Crippen MR) is 76.6 cm³/mol. The number of thiophene rings is 1. The Morgan fingerprint density at radius 1 is 1.30 bits per heavy atom. The quantitative estimate of drug-likeness (QED) is 0.802. The second-order valence-electron chi connectivity index (χ2n) is 4.32. The van der Waals surface area contributed by atoms with E-state index in [9.17, 15) is 9.50 Å². The van der Waals surface area contributed by atoms with Crippen LogP contribution in [0, 0.1) is 5.82 Å². The maximum absolute atomic E-state index is 13.2. The molecule has 0 amide bonds. The number of methoxy groups -OCH3 is 1. The minimum Gasteiger partial charge on any atom is -0.495 e. The van der Waals surface area contributed by atoms with Crippen molar-refractivity contribution in [3.63, 3.8) is 0 Å². The molecular weight excluding hydrogens is 277 g/mol. The van der Waals surface area contributed by atoms with Gasteiger partial charge in [0.2, 0.25) is 0 Å². The van der Waals surface area contributed by atoms with Gasteiger partial charge < -0.3 is 9.84 Å². The first-order valence-electron chi connectivity index (χ1n) is 6.05. The number of pyridine rings is 1. The van der Waals surface area contributed by atoms with Crippen molar-refractivity contribution in [2.45, 2.75) is 6.10 Å². The molecule has 1 atom stereocenters. The predicted octanol–water partition coefficient (Wildman–Crippen LogP) is 3.53. The van der Waals surface area contributed by atoms with Crippen molar-refractivity contribution in [1.82, 2.24) is 4.98 Å². The van der Waals surface area contributed by atoms with Crippen LogP contribution in [0.4, 0.5) is 4.39 Å². The van der Waals surface area contributed by atoms with Crippen molar-refractivity contribution in [2.75, 3.05) is 7.11 Å². The number of ether oxygens (including phenoxy) is 1. The molecule has 5 heteroatoms. The average Bonchev–Trinajstić information content (AvgIpc) is 2.89. The molecule has 0 aliphatic heterocycles. The average molecular weight is 289 g/mol. The van der Waals surface area contributed by atoms with Gasteiger partial charge in [0.25, 0.3) is 0 Å². The molecule has 0 radical (unpaired) electrons. The number of aliphatic hydroxyl groups excluding tert-OH is 1. The van der Waals surface area contributed by atoms with Crippen molar-refractivity contribution in [2.24, 2.45) is 0 Å². The summed E-state index contributed by atoms with van der Waals surface area (Å²) in [5.74, 6) is 0.249. The molecule has 102 valence electrons. The van der Waals surface area contributed by atoms with Crippen LogP contribution in [0.5, 0.6) is 5.75 Å². The molecule has 0 aliphatic carbocycles. The van der Waals surface area contributed by atoms with E-state index in [4.69, 9.17) is 4.74 Å². The molecular formula is C15H12FNO2S. The molecule has 1 unspecified atom stereocenters. The Morgan fingerprint density at radius 3 is 2.95 bits per heavy atom. The van der Waals surface area contributed by atoms with Crippen LogP contribution in [0.15, 0.2) is 42.6 Å². The first-order chi connectivity index (χ1) is 9.69. The van der Waals surface area contributed by atoms with Crippen molar-refractivity contribution >= 4 is 21.4 Å². The SMILES string of the molecule is COc1cccnc1C(O)c1cc2ccc(F)cc2s1. The highest BCUT2D eigenvalue weighted by Crippen LogP contribution is 2.35. The zero-order valence-corrected chi connectivity index (χ0v) is 11.5. The van der Waals surface area contributed by atoms with Gasteiger partial charge in [0, 0.05) is 15.8 Å². The van der Waals surface area contributed by atoms with Crippen molar-refractivity contribution in [1.29, 1.82) is 0 Å². The third kappa shape index (κ3) is 2.26. The third-order valence-electron chi connectivity index (χ3n) is 3.05. The van der Waals surface area contributed by atoms with E-state index in [1.165, 1.54) is 30.6 Å². The Balaban J connectivity index is 2.05. The normalized spacial score (nSPS) is 12.6. The molecule has 3 nitrogen and oxygen atoms in total. The van der Waals surface area contributed by atoms with E-state index in [1.807, 2.05) is 6.07 Å². The van der Waals surface area contributed by atoms with Gasteiger partial charge in [-0.15, -0.1) is 11.3 Å². The highest BCUT2D eigenvalue weighted by atomic mass is 32.1. The molecule has 2 aromatic heterocycles. The highest BCUT2D eigenvalue weighted by Gasteiger charge is 2.19. The zero-order valence-electron chi connectivity index (χ0n) is 10.7. The summed E-state index contributed by atoms with van der Waals surface area (Å²) in [6, 6.07) is 9.91. The van der Waals surface area contributed by atoms with Gasteiger partial charge in [0.05, 0.1) is 7.11 Å². The van der Waals surface area contributed by atoms with Crippen LogP contribution in [-0.2, 0) is 0 Å². The molecule has 20 heavy (non-hydrogen) atoms. The minimum absolute atomic E-state index is 0.282. The summed E-state index contributed by atoms with van der Waals surface area (Å²) in [5.41, 5.74) is 0.460. The van der Waals surface area contributed by atoms with E-state index < -0.39 is 6.10 Å². The number of hydrogen-bond acceptors (Lipinski definition) is 4. The van der Waals surface area contributed by atoms with Gasteiger partial charge in [-0.05, 0) is 35.7 Å². The number of hydrogen-bond donors (Lipinski definition) is 1. The summed E-state index contributed by atoms with van der Waals surface area (Å²) in [7, 11) is 1.54. The summed E-state index contributed by atoms with van der Waals surface area (Å²) >= 11 is 1.35. The van der Waals surface area contributed by atoms with Crippen LogP contribution in [-0.4, -0.2) is 17.2 Å². The van der Waals surface area contributed by atoms with E-state index in [2.05, 4.69) is 4.98 Å². The fourth-order valence-corrected chi connectivity index (χ4v) is 3.16. The van der Waals surface area contributed by atoms with Crippen LogP contribution < -0.4 is 4.74 Å². The molecule has 0 bridgehead atoms. The van der Waals surface area contributed by atoms with Crippen LogP contribution in [0.1, 0.15) is 16.7 Å². The molecule has 0 spiro atoms. The topological polar surface area (TPSA) is 42.4 Å². The number of benzene rings is 1. The van der Waals surface area contributed by atoms with Gasteiger partial charge in [-0.2, -0.15) is 0 Å². The summed E-state index contributed by atoms with van der Waals surface area (Å²) in [6.07, 6.45) is 0.722. The smallest absolute Gasteiger partial charge is 0.143 e. The lowest BCUT2D eigenvalue weighted by atomic mass is 10.1. The molecule has 0 aliphatic rings. The van der Waals surface area contributed by atoms with E-state index in [0.717, 1.165) is 10.1 Å². The number of nitrogens with zero attached hydrogens (tertiary/aromatic N) is 1. The van der Waals surface area contributed by atoms with Gasteiger partial charge in [-0.1, -0.05) is 6.07 Å². The van der Waals surface area contributed by atoms with Crippen LogP contribution >= 0.6 is 11.3 Å². The number of halogens is 1. The largest absolute Gasteiger partial charge is 0.495 e. The lowest BCUT2D eigenvalue weighted by Gasteiger charge is -2.11. The Kier molecular flexibility index (Phi) is 3.38. The molecule has 0 saturated carbocycles. The Labute approximate surface area is 119 Å². The van der Waals surface area contributed by atoms with Gasteiger partial charge in [0.15, 0.2) is 0 Å². The monoisotopic (exact) mass is 289 g/mol. The maximum atomic E-state index is 13.2. The fourth-order valence-electron chi connectivity index (χ4n) is 2.08. The standard InChI is InChI=1S/C15H12FNO2S/c1-19-11-3-2-6-17-14(11)15(18)13-7-9-4-5-10(16)8-12(9)20-13/h2-8,15,18H,1H3. The van der Waals surface area contributed by atoms with Crippen molar-refractivity contribution < 1.29 is 14.2 Å². The van der Waals surface area contributed by atoms with Crippen LogP contribution in [0.25, 0.3) is 10.1 Å². The number of fused-ring (bicyclic) bond motifs is 1. The first kappa shape index (κ1) is 13.0. The second kappa shape index (κ2) is 5.19. The number of aromatic nitrogens is 1. The maximum Gasteiger partial charge on any atom is 0.143 e. The van der Waals surface area contributed by atoms with Gasteiger partial charge in [-0.25, -0.2) is 4.39 Å². The lowest BCUT2D eigenvalue weighted by molar-refractivity contribution is 0.213. The first-order valence-corrected chi connectivity index (χ1v) is 6.86. The van der Waals surface area contributed by atoms with Gasteiger partial charge in [-0.3, -0.25) is 4.98 Å². The molecule has 3 aromatic rings. The van der Waals surface area contributed by atoms with Crippen LogP contribution in [0.3, 0.4) is 0 Å². The van der Waals surface area contributed by atoms with Crippen molar-refractivity contribution in [3.05, 3.63) is 59.0 Å². The summed E-state index contributed by atoms with van der Waals surface area (Å²) < 4.78 is 19.2. The summed E-state index contributed by atoms with van der Waals surface area (Å²) in [6.45, 7) is 0. The molecule has 2 heterocycles. The number of aliphatic hydroxyl groups is 1. The molecule has 1 N–H and O–H groups in total. The summed E-state index contributed by atoms with van der Waals surface area (Å²) in [4.78, 5) is 4.88. The van der Waals surface area contributed by atoms with Crippen LogP contribution in [0.2, 0.25) is 0 Å². The Hall–Kier alpha value is -1.98. The molecule has 0 saturated heterocycles. The van der Waals surface area contributed by atoms with Gasteiger partial charge >= 0.3 is 0 Å². The van der Waals surface area contributed by atoms with E-state index >= 15 is 0 Å². The fraction of sp³-hybridized carbons (Fsp3) is 0.133. The van der Waals surface area contributed by atoms with E-state index in [-0.39, 0.29) is 5.82 Å². The zero-order chi connectivity index (χ0) is 14.1. The third-order valence-corrected chi connectivity index (χ3v) is 4.20. The molecule has 1 aromatic carbocycles. The second-order valence-corrected chi connectivity index (χ2v) is 5.44. The van der Waals surface area contributed by atoms with E-state index in [0.29, 0.717) is 16.3 Å². The molecule has 3 rings (SSSR count).